The molecule has 1 unspecified atom stereocenters. The zero-order chi connectivity index (χ0) is 12.6. The Morgan fingerprint density at radius 3 is 2.29 bits per heavy atom. The quantitative estimate of drug-likeness (QED) is 0.788. The molecule has 0 radical (unpaired) electrons. The number of cyclic esters (lactones) is 1. The number of carbonyl (C=O) groups excluding carboxylic acids is 1. The van der Waals surface area contributed by atoms with Crippen LogP contribution in [0.25, 0.3) is 0 Å². The van der Waals surface area contributed by atoms with E-state index in [1.807, 2.05) is 6.07 Å². The summed E-state index contributed by atoms with van der Waals surface area (Å²) in [6.45, 7) is 3.51. The van der Waals surface area contributed by atoms with Gasteiger partial charge < -0.3 is 4.74 Å². The van der Waals surface area contributed by atoms with Crippen LogP contribution >= 0.6 is 15.9 Å². The number of benzene rings is 1. The molecule has 0 amide bonds. The van der Waals surface area contributed by atoms with Crippen LogP contribution in [-0.4, -0.2) is 15.8 Å². The molecule has 0 saturated carbocycles. The zero-order valence-electron chi connectivity index (χ0n) is 9.40. The molecule has 90 valence electrons. The Morgan fingerprint density at radius 2 is 1.82 bits per heavy atom. The lowest BCUT2D eigenvalue weighted by molar-refractivity contribution is -0.143. The molecule has 0 saturated heterocycles. The van der Waals surface area contributed by atoms with E-state index in [4.69, 9.17) is 4.74 Å². The summed E-state index contributed by atoms with van der Waals surface area (Å²) in [5.74, 6) is -0.524. The van der Waals surface area contributed by atoms with Gasteiger partial charge in [0.25, 0.3) is 0 Å². The molecule has 0 bridgehead atoms. The first kappa shape index (κ1) is 12.5. The van der Waals surface area contributed by atoms with Gasteiger partial charge in [-0.05, 0) is 41.9 Å². The van der Waals surface area contributed by atoms with E-state index in [9.17, 15) is 9.00 Å². The third kappa shape index (κ3) is 2.21. The van der Waals surface area contributed by atoms with Gasteiger partial charge in [-0.1, -0.05) is 18.2 Å². The highest BCUT2D eigenvalue weighted by molar-refractivity contribution is 9.12. The van der Waals surface area contributed by atoms with Gasteiger partial charge in [0.05, 0.1) is 15.3 Å². The second-order valence-electron chi connectivity index (χ2n) is 4.12. The predicted octanol–water partition coefficient (Wildman–Crippen LogP) is 2.74. The molecule has 1 aliphatic rings. The van der Waals surface area contributed by atoms with Crippen LogP contribution in [-0.2, 0) is 20.3 Å². The van der Waals surface area contributed by atoms with Gasteiger partial charge in [0, 0.05) is 4.90 Å². The molecule has 1 aromatic carbocycles. The van der Waals surface area contributed by atoms with Crippen LogP contribution in [0, 0.1) is 0 Å². The molecule has 2 rings (SSSR count). The molecule has 0 aromatic heterocycles. The summed E-state index contributed by atoms with van der Waals surface area (Å²) in [5, 5.41) is 0. The fourth-order valence-electron chi connectivity index (χ4n) is 1.50. The summed E-state index contributed by atoms with van der Waals surface area (Å²) < 4.78 is 18.0. The molecule has 0 fully saturated rings. The second-order valence-corrected chi connectivity index (χ2v) is 6.33. The molecule has 3 nitrogen and oxygen atoms in total. The minimum atomic E-state index is -1.51. The lowest BCUT2D eigenvalue weighted by atomic mass is 10.1. The first-order valence-corrected chi connectivity index (χ1v) is 6.98. The monoisotopic (exact) mass is 314 g/mol. The topological polar surface area (TPSA) is 43.4 Å². The SMILES string of the molecule is CC1(C)OC(=O)C(S(=O)c2ccccc2)=C1Br. The minimum Gasteiger partial charge on any atom is -0.450 e. The van der Waals surface area contributed by atoms with Crippen LogP contribution in [0.3, 0.4) is 0 Å². The van der Waals surface area contributed by atoms with Crippen molar-refractivity contribution in [1.82, 2.24) is 0 Å². The van der Waals surface area contributed by atoms with Crippen LogP contribution in [0.5, 0.6) is 0 Å². The minimum absolute atomic E-state index is 0.196. The smallest absolute Gasteiger partial charge is 0.349 e. The second kappa shape index (κ2) is 4.38. The lowest BCUT2D eigenvalue weighted by Crippen LogP contribution is -2.20. The Labute approximate surface area is 110 Å². The largest absolute Gasteiger partial charge is 0.450 e. The first-order chi connectivity index (χ1) is 7.93. The molecule has 1 atom stereocenters. The maximum atomic E-state index is 12.3. The molecule has 0 aliphatic carbocycles. The molecule has 0 spiro atoms. The fraction of sp³-hybridized carbons (Fsp3) is 0.250. The van der Waals surface area contributed by atoms with Gasteiger partial charge in [-0.2, -0.15) is 0 Å². The maximum absolute atomic E-state index is 12.3. The Balaban J connectivity index is 2.45. The summed E-state index contributed by atoms with van der Waals surface area (Å²) in [6.07, 6.45) is 0. The van der Waals surface area contributed by atoms with Gasteiger partial charge in [-0.15, -0.1) is 0 Å². The standard InChI is InChI=1S/C12H11BrO3S/c1-12(2)10(13)9(11(14)16-12)17(15)8-6-4-3-5-7-8/h3-7H,1-2H3. The van der Waals surface area contributed by atoms with E-state index in [0.717, 1.165) is 0 Å². The number of carbonyl (C=O) groups is 1. The van der Waals surface area contributed by atoms with E-state index < -0.39 is 22.4 Å². The van der Waals surface area contributed by atoms with Gasteiger partial charge >= 0.3 is 5.97 Å². The molecule has 5 heteroatoms. The van der Waals surface area contributed by atoms with Crippen LogP contribution < -0.4 is 0 Å². The number of halogens is 1. The molecule has 17 heavy (non-hydrogen) atoms. The van der Waals surface area contributed by atoms with Crippen molar-refractivity contribution in [1.29, 1.82) is 0 Å². The highest BCUT2D eigenvalue weighted by atomic mass is 79.9. The van der Waals surface area contributed by atoms with Gasteiger partial charge in [-0.25, -0.2) is 9.00 Å². The zero-order valence-corrected chi connectivity index (χ0v) is 11.8. The fourth-order valence-corrected chi connectivity index (χ4v) is 3.43. The number of ether oxygens (including phenoxy) is 1. The Kier molecular flexibility index (Phi) is 3.23. The molecular weight excluding hydrogens is 304 g/mol. The molecule has 0 N–H and O–H groups in total. The number of hydrogen-bond donors (Lipinski definition) is 0. The molecule has 1 aliphatic heterocycles. The number of esters is 1. The summed E-state index contributed by atoms with van der Waals surface area (Å²) >= 11 is 3.31. The predicted molar refractivity (Wildman–Crippen MR) is 69.0 cm³/mol. The van der Waals surface area contributed by atoms with Crippen molar-refractivity contribution in [3.05, 3.63) is 39.7 Å². The van der Waals surface area contributed by atoms with E-state index >= 15 is 0 Å². The maximum Gasteiger partial charge on any atom is 0.349 e. The highest BCUT2D eigenvalue weighted by Crippen LogP contribution is 2.39. The van der Waals surface area contributed by atoms with Crippen LogP contribution in [0.2, 0.25) is 0 Å². The lowest BCUT2D eigenvalue weighted by Gasteiger charge is -2.16. The van der Waals surface area contributed by atoms with Crippen LogP contribution in [0.1, 0.15) is 13.8 Å². The molecule has 1 heterocycles. The average molecular weight is 315 g/mol. The van der Waals surface area contributed by atoms with Crippen LogP contribution in [0.15, 0.2) is 44.6 Å². The van der Waals surface area contributed by atoms with E-state index in [1.165, 1.54) is 0 Å². The van der Waals surface area contributed by atoms with Gasteiger partial charge in [0.2, 0.25) is 0 Å². The summed E-state index contributed by atoms with van der Waals surface area (Å²) in [5.41, 5.74) is -0.739. The van der Waals surface area contributed by atoms with Gasteiger partial charge in [-0.3, -0.25) is 0 Å². The Hall–Kier alpha value is -0.940. The summed E-state index contributed by atoms with van der Waals surface area (Å²) in [6, 6.07) is 8.85. The van der Waals surface area contributed by atoms with E-state index in [2.05, 4.69) is 15.9 Å². The average Bonchev–Trinajstić information content (AvgIpc) is 2.49. The Bertz CT molecular complexity index is 520. The van der Waals surface area contributed by atoms with Gasteiger partial charge in [0.15, 0.2) is 0 Å². The van der Waals surface area contributed by atoms with Crippen molar-refractivity contribution < 1.29 is 13.7 Å². The number of hydrogen-bond acceptors (Lipinski definition) is 3. The van der Waals surface area contributed by atoms with E-state index in [-0.39, 0.29) is 4.91 Å². The molecule has 1 aromatic rings. The van der Waals surface area contributed by atoms with Crippen molar-refractivity contribution in [3.8, 4) is 0 Å². The van der Waals surface area contributed by atoms with Crippen molar-refractivity contribution in [3.63, 3.8) is 0 Å². The van der Waals surface area contributed by atoms with Crippen LogP contribution in [0.4, 0.5) is 0 Å². The normalized spacial score (nSPS) is 20.3. The van der Waals surface area contributed by atoms with Crippen molar-refractivity contribution in [2.45, 2.75) is 24.3 Å². The number of rotatable bonds is 2. The Morgan fingerprint density at radius 1 is 1.24 bits per heavy atom. The van der Waals surface area contributed by atoms with E-state index in [0.29, 0.717) is 9.38 Å². The summed E-state index contributed by atoms with van der Waals surface area (Å²) in [4.78, 5) is 12.5. The third-order valence-electron chi connectivity index (χ3n) is 2.40. The first-order valence-electron chi connectivity index (χ1n) is 5.04. The molecular formula is C12H11BrO3S. The van der Waals surface area contributed by atoms with Crippen molar-refractivity contribution in [2.75, 3.05) is 0 Å². The van der Waals surface area contributed by atoms with Crippen molar-refractivity contribution in [2.24, 2.45) is 0 Å². The summed E-state index contributed by atoms with van der Waals surface area (Å²) in [7, 11) is -1.51. The van der Waals surface area contributed by atoms with E-state index in [1.54, 1.807) is 38.1 Å². The van der Waals surface area contributed by atoms with Crippen molar-refractivity contribution >= 4 is 32.7 Å². The third-order valence-corrected chi connectivity index (χ3v) is 5.46. The van der Waals surface area contributed by atoms with Gasteiger partial charge in [0.1, 0.15) is 10.5 Å². The highest BCUT2D eigenvalue weighted by Gasteiger charge is 2.42.